The molecule has 1 heterocycles. The van der Waals surface area contributed by atoms with E-state index in [2.05, 4.69) is 27.7 Å². The summed E-state index contributed by atoms with van der Waals surface area (Å²) in [5, 5.41) is 0. The van der Waals surface area contributed by atoms with Gasteiger partial charge in [0.1, 0.15) is 0 Å². The molecule has 0 spiro atoms. The van der Waals surface area contributed by atoms with Crippen LogP contribution < -0.4 is 9.47 Å². The summed E-state index contributed by atoms with van der Waals surface area (Å²) in [5.41, 5.74) is 2.65. The van der Waals surface area contributed by atoms with Crippen LogP contribution in [-0.4, -0.2) is 25.8 Å². The van der Waals surface area contributed by atoms with E-state index < -0.39 is 0 Å². The minimum Gasteiger partial charge on any atom is -0.493 e. The van der Waals surface area contributed by atoms with Gasteiger partial charge < -0.3 is 14.2 Å². The average Bonchev–Trinajstić information content (AvgIpc) is 2.64. The lowest BCUT2D eigenvalue weighted by Crippen LogP contribution is -2.37. The quantitative estimate of drug-likeness (QED) is 0.693. The van der Waals surface area contributed by atoms with Gasteiger partial charge in [0, 0.05) is 18.8 Å². The number of carbonyl (C=O) groups excluding carboxylic acids is 2. The Kier molecular flexibility index (Phi) is 4.83. The summed E-state index contributed by atoms with van der Waals surface area (Å²) >= 11 is 0. The van der Waals surface area contributed by atoms with Crippen LogP contribution in [0.15, 0.2) is 40.9 Å². The zero-order chi connectivity index (χ0) is 21.8. The van der Waals surface area contributed by atoms with Crippen LogP contribution in [0.25, 0.3) is 0 Å². The third-order valence-electron chi connectivity index (χ3n) is 6.35. The predicted molar refractivity (Wildman–Crippen MR) is 113 cm³/mol. The van der Waals surface area contributed by atoms with Crippen molar-refractivity contribution >= 4 is 11.6 Å². The van der Waals surface area contributed by atoms with Gasteiger partial charge in [-0.05, 0) is 52.5 Å². The first-order valence-corrected chi connectivity index (χ1v) is 10.5. The van der Waals surface area contributed by atoms with E-state index in [0.717, 1.165) is 29.6 Å². The second kappa shape index (κ2) is 7.00. The van der Waals surface area contributed by atoms with Crippen molar-refractivity contribution in [1.29, 1.82) is 0 Å². The van der Waals surface area contributed by atoms with Crippen molar-refractivity contribution in [2.75, 3.05) is 14.2 Å². The van der Waals surface area contributed by atoms with Crippen molar-refractivity contribution < 1.29 is 23.8 Å². The molecule has 3 aliphatic rings. The van der Waals surface area contributed by atoms with Gasteiger partial charge in [-0.25, -0.2) is 0 Å². The monoisotopic (exact) mass is 410 g/mol. The van der Waals surface area contributed by atoms with Crippen LogP contribution in [0, 0.1) is 10.8 Å². The van der Waals surface area contributed by atoms with Crippen LogP contribution >= 0.6 is 0 Å². The van der Waals surface area contributed by atoms with Crippen molar-refractivity contribution in [2.45, 2.75) is 59.3 Å². The maximum absolute atomic E-state index is 13.0. The number of hydrogen-bond acceptors (Lipinski definition) is 5. The maximum atomic E-state index is 13.0. The molecule has 30 heavy (non-hydrogen) atoms. The largest absolute Gasteiger partial charge is 0.493 e. The van der Waals surface area contributed by atoms with Crippen molar-refractivity contribution in [1.82, 2.24) is 0 Å². The van der Waals surface area contributed by atoms with E-state index in [1.807, 2.05) is 18.2 Å². The lowest BCUT2D eigenvalue weighted by atomic mass is 9.64. The van der Waals surface area contributed by atoms with Gasteiger partial charge in [-0.15, -0.1) is 0 Å². The molecule has 0 saturated heterocycles. The van der Waals surface area contributed by atoms with E-state index in [0.29, 0.717) is 35.9 Å². The number of Topliss-reactive ketones (excluding diaryl/α,β-unsaturated/α-hetero) is 2. The molecule has 1 aromatic rings. The van der Waals surface area contributed by atoms with Crippen molar-refractivity contribution in [2.24, 2.45) is 10.8 Å². The van der Waals surface area contributed by atoms with Gasteiger partial charge in [0.15, 0.2) is 34.6 Å². The number of methoxy groups -OCH3 is 2. The van der Waals surface area contributed by atoms with Crippen LogP contribution in [0.5, 0.6) is 11.5 Å². The Hall–Kier alpha value is -2.56. The third-order valence-corrected chi connectivity index (χ3v) is 6.35. The molecule has 0 radical (unpaired) electrons. The summed E-state index contributed by atoms with van der Waals surface area (Å²) in [5.74, 6) is 1.83. The van der Waals surface area contributed by atoms with Crippen molar-refractivity contribution in [3.63, 3.8) is 0 Å². The Morgan fingerprint density at radius 3 is 1.77 bits per heavy atom. The van der Waals surface area contributed by atoms with Gasteiger partial charge in [0.25, 0.3) is 0 Å². The standard InChI is InChI=1S/C25H30O5/c1-24(2)10-15-21(14-7-8-19(28-5)20(9-14)29-6)16-11-25(3,4)13-18(27)23(16)30-22(15)17(26)12-24/h7-9,21H,10-13H2,1-6H3. The number of benzene rings is 1. The molecule has 4 rings (SSSR count). The summed E-state index contributed by atoms with van der Waals surface area (Å²) in [6.07, 6.45) is 2.34. The zero-order valence-electron chi connectivity index (χ0n) is 18.7. The molecule has 2 aliphatic carbocycles. The van der Waals surface area contributed by atoms with E-state index in [-0.39, 0.29) is 28.3 Å². The normalized spacial score (nSPS) is 23.0. The molecular formula is C25H30O5. The highest BCUT2D eigenvalue weighted by Gasteiger charge is 2.47. The van der Waals surface area contributed by atoms with Gasteiger partial charge in [0.2, 0.25) is 0 Å². The summed E-state index contributed by atoms with van der Waals surface area (Å²) in [6, 6.07) is 5.85. The molecule has 0 unspecified atom stereocenters. The molecule has 5 heteroatoms. The van der Waals surface area contributed by atoms with Gasteiger partial charge in [-0.1, -0.05) is 33.8 Å². The highest BCUT2D eigenvalue weighted by Crippen LogP contribution is 2.54. The number of hydrogen-bond donors (Lipinski definition) is 0. The second-order valence-corrected chi connectivity index (χ2v) is 10.2. The van der Waals surface area contributed by atoms with Crippen LogP contribution in [0.2, 0.25) is 0 Å². The fourth-order valence-electron chi connectivity index (χ4n) is 5.16. The lowest BCUT2D eigenvalue weighted by Gasteiger charge is -2.43. The van der Waals surface area contributed by atoms with Gasteiger partial charge >= 0.3 is 0 Å². The van der Waals surface area contributed by atoms with Crippen LogP contribution in [-0.2, 0) is 14.3 Å². The van der Waals surface area contributed by atoms with Crippen LogP contribution in [0.1, 0.15) is 64.9 Å². The Morgan fingerprint density at radius 2 is 1.30 bits per heavy atom. The van der Waals surface area contributed by atoms with Crippen molar-refractivity contribution in [3.8, 4) is 11.5 Å². The molecule has 0 atom stereocenters. The van der Waals surface area contributed by atoms with Crippen molar-refractivity contribution in [3.05, 3.63) is 46.4 Å². The summed E-state index contributed by atoms with van der Waals surface area (Å²) in [7, 11) is 3.22. The molecule has 0 fully saturated rings. The topological polar surface area (TPSA) is 61.8 Å². The number of allylic oxidation sites excluding steroid dienone is 4. The molecule has 5 nitrogen and oxygen atoms in total. The SMILES string of the molecule is COc1ccc(C2C3=C(OC4=C2CC(C)(C)CC4=O)C(=O)CC(C)(C)C3)cc1OC. The Balaban J connectivity index is 1.93. The summed E-state index contributed by atoms with van der Waals surface area (Å²) in [4.78, 5) is 26.0. The lowest BCUT2D eigenvalue weighted by molar-refractivity contribution is -0.124. The van der Waals surface area contributed by atoms with Crippen LogP contribution in [0.3, 0.4) is 0 Å². The summed E-state index contributed by atoms with van der Waals surface area (Å²) in [6.45, 7) is 8.45. The molecule has 0 bridgehead atoms. The van der Waals surface area contributed by atoms with E-state index >= 15 is 0 Å². The second-order valence-electron chi connectivity index (χ2n) is 10.2. The molecular weight excluding hydrogens is 380 g/mol. The number of carbonyl (C=O) groups is 2. The first-order chi connectivity index (χ1) is 14.0. The zero-order valence-corrected chi connectivity index (χ0v) is 18.7. The Bertz CT molecular complexity index is 941. The molecule has 0 saturated carbocycles. The first-order valence-electron chi connectivity index (χ1n) is 10.5. The fourth-order valence-corrected chi connectivity index (χ4v) is 5.16. The highest BCUT2D eigenvalue weighted by atomic mass is 16.5. The highest BCUT2D eigenvalue weighted by molar-refractivity contribution is 6.01. The molecule has 0 N–H and O–H groups in total. The minimum atomic E-state index is -0.171. The summed E-state index contributed by atoms with van der Waals surface area (Å²) < 4.78 is 17.0. The fraction of sp³-hybridized carbons (Fsp3) is 0.520. The smallest absolute Gasteiger partial charge is 0.198 e. The number of ether oxygens (including phenoxy) is 3. The van der Waals surface area contributed by atoms with Gasteiger partial charge in [0.05, 0.1) is 14.2 Å². The van der Waals surface area contributed by atoms with E-state index in [9.17, 15) is 9.59 Å². The maximum Gasteiger partial charge on any atom is 0.198 e. The third kappa shape index (κ3) is 3.44. The Morgan fingerprint density at radius 1 is 0.800 bits per heavy atom. The Labute approximate surface area is 178 Å². The molecule has 0 aromatic heterocycles. The number of rotatable bonds is 3. The first kappa shape index (κ1) is 20.7. The molecule has 1 aromatic carbocycles. The average molecular weight is 411 g/mol. The van der Waals surface area contributed by atoms with Gasteiger partial charge in [-0.3, -0.25) is 9.59 Å². The van der Waals surface area contributed by atoms with Gasteiger partial charge in [-0.2, -0.15) is 0 Å². The van der Waals surface area contributed by atoms with E-state index in [1.165, 1.54) is 0 Å². The molecule has 160 valence electrons. The minimum absolute atomic E-state index is 0.0177. The molecule has 1 aliphatic heterocycles. The number of ketones is 2. The molecule has 0 amide bonds. The van der Waals surface area contributed by atoms with E-state index in [1.54, 1.807) is 14.2 Å². The van der Waals surface area contributed by atoms with Crippen LogP contribution in [0.4, 0.5) is 0 Å². The van der Waals surface area contributed by atoms with E-state index in [4.69, 9.17) is 14.2 Å². The predicted octanol–water partition coefficient (Wildman–Crippen LogP) is 5.10.